The molecule has 1 saturated carbocycles. The third-order valence-corrected chi connectivity index (χ3v) is 7.40. The molecular formula is C28H22Cl2FN3O4. The summed E-state index contributed by atoms with van der Waals surface area (Å²) in [6, 6.07) is 11.8. The Morgan fingerprint density at radius 1 is 1.13 bits per heavy atom. The van der Waals surface area contributed by atoms with Crippen molar-refractivity contribution >= 4 is 40.6 Å². The fraction of sp³-hybridized carbons (Fsp3) is 0.250. The minimum atomic E-state index is -0.677. The Bertz CT molecular complexity index is 1530. The van der Waals surface area contributed by atoms with E-state index in [9.17, 15) is 14.3 Å². The van der Waals surface area contributed by atoms with Crippen LogP contribution in [0.5, 0.6) is 5.75 Å². The molecule has 1 aliphatic heterocycles. The molecule has 1 amide bonds. The largest absolute Gasteiger partial charge is 0.489 e. The van der Waals surface area contributed by atoms with Crippen LogP contribution in [0, 0.1) is 5.82 Å². The smallest absolute Gasteiger partial charge is 0.233 e. The predicted octanol–water partition coefficient (Wildman–Crippen LogP) is 6.74. The minimum absolute atomic E-state index is 0.0957. The molecule has 194 valence electrons. The summed E-state index contributed by atoms with van der Waals surface area (Å²) in [5.74, 6) is 0.623. The van der Waals surface area contributed by atoms with Crippen molar-refractivity contribution in [3.8, 4) is 17.0 Å². The van der Waals surface area contributed by atoms with E-state index in [2.05, 4.69) is 10.1 Å². The topological polar surface area (TPSA) is 88.7 Å². The molecule has 0 unspecified atom stereocenters. The molecule has 2 aromatic carbocycles. The third kappa shape index (κ3) is 4.53. The summed E-state index contributed by atoms with van der Waals surface area (Å²) in [4.78, 5) is 18.1. The zero-order chi connectivity index (χ0) is 26.4. The van der Waals surface area contributed by atoms with Gasteiger partial charge in [-0.3, -0.25) is 9.69 Å². The Labute approximate surface area is 227 Å². The second kappa shape index (κ2) is 10.0. The number of fused-ring (bicyclic) bond motifs is 1. The lowest BCUT2D eigenvalue weighted by Crippen LogP contribution is -2.32. The van der Waals surface area contributed by atoms with Gasteiger partial charge in [0, 0.05) is 24.1 Å². The van der Waals surface area contributed by atoms with E-state index in [0.717, 1.165) is 29.7 Å². The molecule has 0 saturated heterocycles. The summed E-state index contributed by atoms with van der Waals surface area (Å²) >= 11 is 12.9. The Balaban J connectivity index is 1.30. The number of amides is 1. The number of anilines is 2. The van der Waals surface area contributed by atoms with Crippen LogP contribution in [-0.2, 0) is 24.4 Å². The van der Waals surface area contributed by atoms with Crippen LogP contribution < -0.4 is 9.64 Å². The summed E-state index contributed by atoms with van der Waals surface area (Å²) in [7, 11) is 0. The zero-order valence-electron chi connectivity index (χ0n) is 20.1. The van der Waals surface area contributed by atoms with E-state index < -0.39 is 5.82 Å². The van der Waals surface area contributed by atoms with Crippen molar-refractivity contribution < 1.29 is 23.6 Å². The highest BCUT2D eigenvalue weighted by Gasteiger charge is 2.34. The molecule has 0 radical (unpaired) electrons. The number of hydrogen-bond donors (Lipinski definition) is 1. The Kier molecular flexibility index (Phi) is 6.55. The maximum atomic E-state index is 14.8. The number of carbonyl (C=O) groups excluding carboxylic acids is 1. The molecule has 6 rings (SSSR count). The minimum Gasteiger partial charge on any atom is -0.489 e. The first-order chi connectivity index (χ1) is 18.4. The molecular weight excluding hydrogens is 532 g/mol. The fourth-order valence-corrected chi connectivity index (χ4v) is 5.29. The van der Waals surface area contributed by atoms with Crippen LogP contribution in [0.15, 0.2) is 53.2 Å². The molecule has 2 aromatic heterocycles. The van der Waals surface area contributed by atoms with Crippen molar-refractivity contribution in [3.63, 3.8) is 0 Å². The first-order valence-electron chi connectivity index (χ1n) is 12.2. The van der Waals surface area contributed by atoms with Gasteiger partial charge in [-0.15, -0.1) is 0 Å². The van der Waals surface area contributed by atoms with E-state index in [1.807, 2.05) is 6.07 Å². The van der Waals surface area contributed by atoms with Gasteiger partial charge in [-0.05, 0) is 66.8 Å². The van der Waals surface area contributed by atoms with Crippen LogP contribution in [0.1, 0.15) is 47.6 Å². The van der Waals surface area contributed by atoms with E-state index in [4.69, 9.17) is 32.5 Å². The van der Waals surface area contributed by atoms with Crippen LogP contribution in [-0.4, -0.2) is 21.2 Å². The van der Waals surface area contributed by atoms with Gasteiger partial charge in [0.25, 0.3) is 0 Å². The monoisotopic (exact) mass is 553 g/mol. The van der Waals surface area contributed by atoms with Gasteiger partial charge in [0.15, 0.2) is 11.6 Å². The number of aryl methyl sites for hydroxylation is 1. The molecule has 2 aliphatic rings. The zero-order valence-corrected chi connectivity index (χ0v) is 21.6. The Hall–Kier alpha value is -3.46. The van der Waals surface area contributed by atoms with Crippen molar-refractivity contribution in [2.75, 3.05) is 4.90 Å². The molecule has 4 aromatic rings. The van der Waals surface area contributed by atoms with E-state index in [1.165, 1.54) is 17.2 Å². The lowest BCUT2D eigenvalue weighted by Gasteiger charge is -2.29. The van der Waals surface area contributed by atoms with Crippen LogP contribution in [0.3, 0.4) is 0 Å². The van der Waals surface area contributed by atoms with Crippen LogP contribution in [0.2, 0.25) is 10.0 Å². The molecule has 10 heteroatoms. The van der Waals surface area contributed by atoms with Crippen molar-refractivity contribution in [1.82, 2.24) is 10.1 Å². The average molecular weight is 554 g/mol. The van der Waals surface area contributed by atoms with E-state index in [-0.39, 0.29) is 31.4 Å². The molecule has 1 aliphatic carbocycles. The van der Waals surface area contributed by atoms with E-state index in [1.54, 1.807) is 30.3 Å². The number of aliphatic hydroxyl groups is 1. The van der Waals surface area contributed by atoms with E-state index in [0.29, 0.717) is 50.6 Å². The number of aromatic nitrogens is 2. The molecule has 0 bridgehead atoms. The van der Waals surface area contributed by atoms with Crippen molar-refractivity contribution in [1.29, 1.82) is 0 Å². The summed E-state index contributed by atoms with van der Waals surface area (Å²) in [5.41, 5.74) is 3.67. The second-order valence-electron chi connectivity index (χ2n) is 9.36. The number of carbonyl (C=O) groups is 1. The molecule has 38 heavy (non-hydrogen) atoms. The number of pyridine rings is 1. The highest BCUT2D eigenvalue weighted by atomic mass is 35.5. The molecule has 1 fully saturated rings. The molecule has 0 atom stereocenters. The Morgan fingerprint density at radius 2 is 1.92 bits per heavy atom. The van der Waals surface area contributed by atoms with Gasteiger partial charge >= 0.3 is 0 Å². The van der Waals surface area contributed by atoms with Crippen LogP contribution in [0.25, 0.3) is 11.3 Å². The number of benzene rings is 2. The number of aliphatic hydroxyl groups excluding tert-OH is 1. The van der Waals surface area contributed by atoms with Crippen LogP contribution >= 0.6 is 23.2 Å². The van der Waals surface area contributed by atoms with Gasteiger partial charge in [-0.2, -0.15) is 0 Å². The lowest BCUT2D eigenvalue weighted by molar-refractivity contribution is -0.118. The fourth-order valence-electron chi connectivity index (χ4n) is 4.72. The first kappa shape index (κ1) is 24.9. The summed E-state index contributed by atoms with van der Waals surface area (Å²) in [6.07, 6.45) is 4.08. The average Bonchev–Trinajstić information content (AvgIpc) is 3.68. The van der Waals surface area contributed by atoms with Crippen molar-refractivity contribution in [2.45, 2.75) is 44.8 Å². The van der Waals surface area contributed by atoms with Gasteiger partial charge < -0.3 is 14.4 Å². The van der Waals surface area contributed by atoms with Gasteiger partial charge in [0.1, 0.15) is 23.8 Å². The number of halogens is 3. The Morgan fingerprint density at radius 3 is 2.63 bits per heavy atom. The van der Waals surface area contributed by atoms with Crippen molar-refractivity contribution in [2.24, 2.45) is 0 Å². The summed E-state index contributed by atoms with van der Waals surface area (Å²) in [5, 5.41) is 14.5. The van der Waals surface area contributed by atoms with Gasteiger partial charge in [-0.25, -0.2) is 9.37 Å². The number of nitrogens with zero attached hydrogens (tertiary/aromatic N) is 3. The second-order valence-corrected chi connectivity index (χ2v) is 10.2. The van der Waals surface area contributed by atoms with Crippen LogP contribution in [0.4, 0.5) is 15.9 Å². The molecule has 0 spiro atoms. The standard InChI is InChI=1S/C28H22Cl2FN3O4/c29-20-2-1-3-21(30)25(20)26-19(27(38-33-26)16-4-5-16)14-37-18-7-8-23-17(11-18)6-9-24(36)34(23)28-22(31)10-15(13-35)12-32-28/h1-3,7-8,10-12,16,35H,4-6,9,13-14H2. The van der Waals surface area contributed by atoms with E-state index >= 15 is 0 Å². The highest BCUT2D eigenvalue weighted by Crippen LogP contribution is 2.46. The number of rotatable bonds is 7. The molecule has 3 heterocycles. The highest BCUT2D eigenvalue weighted by molar-refractivity contribution is 6.39. The quantitative estimate of drug-likeness (QED) is 0.272. The number of hydrogen-bond acceptors (Lipinski definition) is 6. The first-order valence-corrected chi connectivity index (χ1v) is 13.0. The molecule has 7 nitrogen and oxygen atoms in total. The SMILES string of the molecule is O=C1CCc2cc(OCc3c(-c4c(Cl)cccc4Cl)noc3C3CC3)ccc2N1c1ncc(CO)cc1F. The van der Waals surface area contributed by atoms with Gasteiger partial charge in [-0.1, -0.05) is 34.4 Å². The normalized spacial score (nSPS) is 15.1. The predicted molar refractivity (Wildman–Crippen MR) is 140 cm³/mol. The lowest BCUT2D eigenvalue weighted by atomic mass is 10.0. The summed E-state index contributed by atoms with van der Waals surface area (Å²) < 4.78 is 26.7. The van der Waals surface area contributed by atoms with Gasteiger partial charge in [0.05, 0.1) is 27.9 Å². The maximum absolute atomic E-state index is 14.8. The van der Waals surface area contributed by atoms with Gasteiger partial charge in [0.2, 0.25) is 5.91 Å². The van der Waals surface area contributed by atoms with Crippen molar-refractivity contribution in [3.05, 3.63) is 87.0 Å². The summed E-state index contributed by atoms with van der Waals surface area (Å²) in [6.45, 7) is -0.152. The molecule has 1 N–H and O–H groups in total. The number of ether oxygens (including phenoxy) is 1. The maximum Gasteiger partial charge on any atom is 0.233 e. The third-order valence-electron chi connectivity index (χ3n) is 6.77.